The first-order chi connectivity index (χ1) is 12.8. The molecule has 0 saturated carbocycles. The molecule has 0 aliphatic rings. The van der Waals surface area contributed by atoms with E-state index in [1.807, 2.05) is 6.92 Å². The Bertz CT molecular complexity index is 1060. The van der Waals surface area contributed by atoms with Crippen LogP contribution in [0, 0.1) is 17.0 Å². The Morgan fingerprint density at radius 1 is 1.22 bits per heavy atom. The lowest BCUT2D eigenvalue weighted by Crippen LogP contribution is -2.20. The number of halogens is 2. The van der Waals surface area contributed by atoms with Crippen molar-refractivity contribution in [3.05, 3.63) is 68.3 Å². The lowest BCUT2D eigenvalue weighted by atomic mass is 10.2. The van der Waals surface area contributed by atoms with Gasteiger partial charge in [0.2, 0.25) is 0 Å². The zero-order chi connectivity index (χ0) is 19.6. The van der Waals surface area contributed by atoms with Gasteiger partial charge in [-0.15, -0.1) is 0 Å². The molecule has 0 aliphatic carbocycles. The monoisotopic (exact) mass is 405 g/mol. The molecular formula is C18H13Cl2N3O4. The zero-order valence-electron chi connectivity index (χ0n) is 14.0. The van der Waals surface area contributed by atoms with E-state index >= 15 is 0 Å². The maximum atomic E-state index is 12.2. The Kier molecular flexibility index (Phi) is 5.43. The summed E-state index contributed by atoms with van der Waals surface area (Å²) in [7, 11) is 0. The van der Waals surface area contributed by atoms with Crippen molar-refractivity contribution in [3.8, 4) is 5.75 Å². The Labute approximate surface area is 164 Å². The van der Waals surface area contributed by atoms with E-state index in [9.17, 15) is 14.9 Å². The number of carbonyl (C=O) groups excluding carboxylic acids is 1. The van der Waals surface area contributed by atoms with Crippen molar-refractivity contribution in [2.45, 2.75) is 6.92 Å². The highest BCUT2D eigenvalue weighted by molar-refractivity contribution is 6.39. The predicted octanol–water partition coefficient (Wildman–Crippen LogP) is 4.78. The van der Waals surface area contributed by atoms with Crippen LogP contribution in [0.3, 0.4) is 0 Å². The molecule has 0 bridgehead atoms. The summed E-state index contributed by atoms with van der Waals surface area (Å²) in [6.45, 7) is 1.46. The van der Waals surface area contributed by atoms with Gasteiger partial charge in [-0.05, 0) is 31.2 Å². The molecule has 0 atom stereocenters. The number of aryl methyl sites for hydroxylation is 1. The molecule has 0 saturated heterocycles. The number of hydrogen-bond donors (Lipinski definition) is 1. The summed E-state index contributed by atoms with van der Waals surface area (Å²) in [5.74, 6) is -0.253. The second kappa shape index (κ2) is 7.77. The first-order valence-corrected chi connectivity index (χ1v) is 8.53. The average Bonchev–Trinajstić information content (AvgIpc) is 2.61. The third-order valence-electron chi connectivity index (χ3n) is 3.67. The second-order valence-corrected chi connectivity index (χ2v) is 6.48. The van der Waals surface area contributed by atoms with Gasteiger partial charge in [0.05, 0.1) is 15.0 Å². The normalized spacial score (nSPS) is 10.6. The van der Waals surface area contributed by atoms with Gasteiger partial charge in [0.15, 0.2) is 12.4 Å². The first-order valence-electron chi connectivity index (χ1n) is 7.77. The summed E-state index contributed by atoms with van der Waals surface area (Å²) in [5, 5.41) is 14.7. The van der Waals surface area contributed by atoms with Gasteiger partial charge in [0.1, 0.15) is 5.52 Å². The quantitative estimate of drug-likeness (QED) is 0.486. The second-order valence-electron chi connectivity index (χ2n) is 5.66. The van der Waals surface area contributed by atoms with Crippen LogP contribution < -0.4 is 10.1 Å². The molecule has 2 aromatic carbocycles. The Morgan fingerprint density at radius 2 is 2.00 bits per heavy atom. The Balaban J connectivity index is 1.79. The van der Waals surface area contributed by atoms with Crippen molar-refractivity contribution in [1.29, 1.82) is 0 Å². The molecule has 1 N–H and O–H groups in total. The van der Waals surface area contributed by atoms with Crippen molar-refractivity contribution in [2.24, 2.45) is 0 Å². The van der Waals surface area contributed by atoms with Crippen LogP contribution >= 0.6 is 23.2 Å². The molecule has 0 spiro atoms. The topological polar surface area (TPSA) is 94.4 Å². The number of nitrogens with one attached hydrogen (secondary N) is 1. The number of hydrogen-bond acceptors (Lipinski definition) is 5. The van der Waals surface area contributed by atoms with Crippen LogP contribution in [0.4, 0.5) is 11.4 Å². The molecule has 9 heteroatoms. The molecule has 0 fully saturated rings. The minimum atomic E-state index is -0.542. The van der Waals surface area contributed by atoms with Gasteiger partial charge in [-0.2, -0.15) is 0 Å². The maximum absolute atomic E-state index is 12.2. The van der Waals surface area contributed by atoms with Crippen molar-refractivity contribution < 1.29 is 14.5 Å². The van der Waals surface area contributed by atoms with E-state index in [0.717, 1.165) is 5.69 Å². The summed E-state index contributed by atoms with van der Waals surface area (Å²) in [4.78, 5) is 26.8. The molecule has 7 nitrogen and oxygen atoms in total. The fraction of sp³-hybridized carbons (Fsp3) is 0.111. The number of anilines is 1. The smallest absolute Gasteiger partial charge is 0.271 e. The SMILES string of the molecule is Cc1ccc2c(Cl)cc(Cl)c(OCC(=O)Nc3cccc([N+](=O)[O-])c3)c2n1. The molecule has 1 amide bonds. The molecule has 3 rings (SSSR count). The molecule has 3 aromatic rings. The number of fused-ring (bicyclic) bond motifs is 1. The number of benzene rings is 2. The highest BCUT2D eigenvalue weighted by atomic mass is 35.5. The van der Waals surface area contributed by atoms with E-state index in [0.29, 0.717) is 21.6 Å². The van der Waals surface area contributed by atoms with Gasteiger partial charge in [-0.3, -0.25) is 14.9 Å². The zero-order valence-corrected chi connectivity index (χ0v) is 15.5. The van der Waals surface area contributed by atoms with Gasteiger partial charge in [-0.25, -0.2) is 4.98 Å². The molecule has 1 aromatic heterocycles. The summed E-state index contributed by atoms with van der Waals surface area (Å²) < 4.78 is 5.57. The van der Waals surface area contributed by atoms with Crippen LogP contribution in [0.15, 0.2) is 42.5 Å². The summed E-state index contributed by atoms with van der Waals surface area (Å²) in [6.07, 6.45) is 0. The van der Waals surface area contributed by atoms with Crippen molar-refractivity contribution >= 4 is 51.4 Å². The third kappa shape index (κ3) is 4.27. The first kappa shape index (κ1) is 18.9. The van der Waals surface area contributed by atoms with Gasteiger partial charge >= 0.3 is 0 Å². The van der Waals surface area contributed by atoms with Gasteiger partial charge < -0.3 is 10.1 Å². The number of nitro benzene ring substituents is 1. The van der Waals surface area contributed by atoms with Crippen molar-refractivity contribution in [2.75, 3.05) is 11.9 Å². The van der Waals surface area contributed by atoms with E-state index in [1.54, 1.807) is 18.2 Å². The Hall–Kier alpha value is -2.90. The van der Waals surface area contributed by atoms with Crippen molar-refractivity contribution in [1.82, 2.24) is 4.98 Å². The van der Waals surface area contributed by atoms with Crippen molar-refractivity contribution in [3.63, 3.8) is 0 Å². The lowest BCUT2D eigenvalue weighted by molar-refractivity contribution is -0.384. The van der Waals surface area contributed by atoms with E-state index in [1.165, 1.54) is 24.3 Å². The van der Waals surface area contributed by atoms with E-state index in [-0.39, 0.29) is 23.1 Å². The van der Waals surface area contributed by atoms with E-state index < -0.39 is 10.8 Å². The molecule has 0 radical (unpaired) electrons. The largest absolute Gasteiger partial charge is 0.480 e. The fourth-order valence-electron chi connectivity index (χ4n) is 2.46. The Morgan fingerprint density at radius 3 is 2.74 bits per heavy atom. The summed E-state index contributed by atoms with van der Waals surface area (Å²) in [5.41, 5.74) is 1.36. The predicted molar refractivity (Wildman–Crippen MR) is 104 cm³/mol. The summed E-state index contributed by atoms with van der Waals surface area (Å²) in [6, 6.07) is 10.7. The number of nitrogens with zero attached hydrogens (tertiary/aromatic N) is 2. The number of non-ortho nitro benzene ring substituents is 1. The van der Waals surface area contributed by atoms with Crippen LogP contribution in [0.1, 0.15) is 5.69 Å². The number of carbonyl (C=O) groups is 1. The minimum Gasteiger partial charge on any atom is -0.480 e. The average molecular weight is 406 g/mol. The van der Waals surface area contributed by atoms with Crippen LogP contribution in [-0.2, 0) is 4.79 Å². The number of aromatic nitrogens is 1. The number of ether oxygens (including phenoxy) is 1. The van der Waals surface area contributed by atoms with Crippen LogP contribution in [-0.4, -0.2) is 22.4 Å². The number of nitro groups is 1. The number of pyridine rings is 1. The minimum absolute atomic E-state index is 0.125. The molecule has 0 aliphatic heterocycles. The molecular weight excluding hydrogens is 393 g/mol. The van der Waals surface area contributed by atoms with Gasteiger partial charge in [0, 0.05) is 28.9 Å². The lowest BCUT2D eigenvalue weighted by Gasteiger charge is -2.12. The maximum Gasteiger partial charge on any atom is 0.271 e. The molecule has 138 valence electrons. The molecule has 0 unspecified atom stereocenters. The van der Waals surface area contributed by atoms with E-state index in [2.05, 4.69) is 10.3 Å². The van der Waals surface area contributed by atoms with Gasteiger partial charge in [-0.1, -0.05) is 29.3 Å². The van der Waals surface area contributed by atoms with E-state index in [4.69, 9.17) is 27.9 Å². The van der Waals surface area contributed by atoms with Gasteiger partial charge in [0.25, 0.3) is 11.6 Å². The number of rotatable bonds is 5. The molecule has 1 heterocycles. The molecule has 27 heavy (non-hydrogen) atoms. The standard InChI is InChI=1S/C18H13Cl2N3O4/c1-10-5-6-13-14(19)8-15(20)18(17(13)21-10)27-9-16(24)22-11-3-2-4-12(7-11)23(25)26/h2-8H,9H2,1H3,(H,22,24). The highest BCUT2D eigenvalue weighted by Gasteiger charge is 2.15. The number of amides is 1. The van der Waals surface area contributed by atoms with Crippen LogP contribution in [0.5, 0.6) is 5.75 Å². The summed E-state index contributed by atoms with van der Waals surface area (Å²) >= 11 is 12.4. The highest BCUT2D eigenvalue weighted by Crippen LogP contribution is 2.37. The fourth-order valence-corrected chi connectivity index (χ4v) is 3.03. The van der Waals surface area contributed by atoms with Crippen LogP contribution in [0.2, 0.25) is 10.0 Å². The third-order valence-corrected chi connectivity index (χ3v) is 4.26. The van der Waals surface area contributed by atoms with Crippen LogP contribution in [0.25, 0.3) is 10.9 Å².